The molecule has 134 valence electrons. The summed E-state index contributed by atoms with van der Waals surface area (Å²) in [5, 5.41) is 2.59. The number of nitrogens with one attached hydrogen (secondary N) is 1. The SMILES string of the molecule is COc1cccc(NC(=O)CN(C2CCS(=O)(=O)C2)S(C)(=O)=O)c1. The molecule has 1 amide bonds. The van der Waals surface area contributed by atoms with E-state index in [-0.39, 0.29) is 17.9 Å². The number of benzene rings is 1. The second-order valence-corrected chi connectivity index (χ2v) is 9.81. The molecule has 10 heteroatoms. The van der Waals surface area contributed by atoms with Crippen molar-refractivity contribution in [3.63, 3.8) is 0 Å². The van der Waals surface area contributed by atoms with Crippen molar-refractivity contribution in [3.8, 4) is 5.75 Å². The van der Waals surface area contributed by atoms with Gasteiger partial charge in [-0.1, -0.05) is 6.07 Å². The third kappa shape index (κ3) is 4.92. The van der Waals surface area contributed by atoms with Crippen LogP contribution in [0.3, 0.4) is 0 Å². The summed E-state index contributed by atoms with van der Waals surface area (Å²) in [7, 11) is -5.48. The van der Waals surface area contributed by atoms with Gasteiger partial charge in [0.15, 0.2) is 9.84 Å². The molecule has 1 N–H and O–H groups in total. The molecule has 0 bridgehead atoms. The number of sulfonamides is 1. The molecule has 1 aromatic carbocycles. The fourth-order valence-electron chi connectivity index (χ4n) is 2.56. The average molecular weight is 376 g/mol. The summed E-state index contributed by atoms with van der Waals surface area (Å²) < 4.78 is 53.1. The Labute approximate surface area is 141 Å². The fraction of sp³-hybridized carbons (Fsp3) is 0.500. The van der Waals surface area contributed by atoms with Gasteiger partial charge in [0.25, 0.3) is 0 Å². The van der Waals surface area contributed by atoms with E-state index in [0.29, 0.717) is 11.4 Å². The summed E-state index contributed by atoms with van der Waals surface area (Å²) >= 11 is 0. The maximum Gasteiger partial charge on any atom is 0.239 e. The van der Waals surface area contributed by atoms with Gasteiger partial charge in [0.2, 0.25) is 15.9 Å². The summed E-state index contributed by atoms with van der Waals surface area (Å²) in [6.07, 6.45) is 1.17. The molecule has 1 heterocycles. The summed E-state index contributed by atoms with van der Waals surface area (Å²) in [5.74, 6) is -0.319. The molecule has 1 aliphatic rings. The van der Waals surface area contributed by atoms with Crippen molar-refractivity contribution in [2.45, 2.75) is 12.5 Å². The van der Waals surface area contributed by atoms with Gasteiger partial charge in [-0.05, 0) is 18.6 Å². The smallest absolute Gasteiger partial charge is 0.239 e. The molecule has 0 radical (unpaired) electrons. The first-order chi connectivity index (χ1) is 11.1. The molecule has 1 saturated heterocycles. The van der Waals surface area contributed by atoms with Crippen LogP contribution >= 0.6 is 0 Å². The van der Waals surface area contributed by atoms with Gasteiger partial charge in [-0.25, -0.2) is 16.8 Å². The van der Waals surface area contributed by atoms with Crippen molar-refractivity contribution >= 4 is 31.5 Å². The van der Waals surface area contributed by atoms with Gasteiger partial charge in [0.1, 0.15) is 5.75 Å². The lowest BCUT2D eigenvalue weighted by Crippen LogP contribution is -2.44. The highest BCUT2D eigenvalue weighted by atomic mass is 32.2. The maximum atomic E-state index is 12.2. The van der Waals surface area contributed by atoms with Crippen LogP contribution in [0.2, 0.25) is 0 Å². The minimum absolute atomic E-state index is 0.0683. The lowest BCUT2D eigenvalue weighted by molar-refractivity contribution is -0.116. The highest BCUT2D eigenvalue weighted by Gasteiger charge is 2.37. The first-order valence-electron chi connectivity index (χ1n) is 7.22. The summed E-state index contributed by atoms with van der Waals surface area (Å²) in [6.45, 7) is -0.434. The normalized spacial score (nSPS) is 20.0. The zero-order valence-electron chi connectivity index (χ0n) is 13.4. The van der Waals surface area contributed by atoms with Crippen LogP contribution in [0.25, 0.3) is 0 Å². The van der Waals surface area contributed by atoms with Crippen LogP contribution in [-0.2, 0) is 24.7 Å². The number of amides is 1. The Kier molecular flexibility index (Phi) is 5.51. The molecule has 0 aliphatic carbocycles. The molecular weight excluding hydrogens is 356 g/mol. The minimum atomic E-state index is -3.72. The van der Waals surface area contributed by atoms with Crippen molar-refractivity contribution in [1.82, 2.24) is 4.31 Å². The third-order valence-corrected chi connectivity index (χ3v) is 6.72. The molecule has 1 atom stereocenters. The van der Waals surface area contributed by atoms with Crippen LogP contribution in [0, 0.1) is 0 Å². The molecular formula is C14H20N2O6S2. The van der Waals surface area contributed by atoms with Gasteiger partial charge in [-0.3, -0.25) is 4.79 Å². The molecule has 1 fully saturated rings. The zero-order chi connectivity index (χ0) is 18.0. The highest BCUT2D eigenvalue weighted by Crippen LogP contribution is 2.21. The van der Waals surface area contributed by atoms with E-state index in [1.807, 2.05) is 0 Å². The summed E-state index contributed by atoms with van der Waals surface area (Å²) in [5.41, 5.74) is 0.465. The Morgan fingerprint density at radius 3 is 2.67 bits per heavy atom. The van der Waals surface area contributed by atoms with E-state index in [1.54, 1.807) is 24.3 Å². The van der Waals surface area contributed by atoms with Crippen LogP contribution < -0.4 is 10.1 Å². The van der Waals surface area contributed by atoms with Crippen molar-refractivity contribution in [2.75, 3.05) is 36.7 Å². The molecule has 8 nitrogen and oxygen atoms in total. The largest absolute Gasteiger partial charge is 0.497 e. The Morgan fingerprint density at radius 2 is 2.12 bits per heavy atom. The zero-order valence-corrected chi connectivity index (χ0v) is 15.1. The molecule has 24 heavy (non-hydrogen) atoms. The number of hydrogen-bond acceptors (Lipinski definition) is 6. The monoisotopic (exact) mass is 376 g/mol. The standard InChI is InChI=1S/C14H20N2O6S2/c1-22-13-5-3-4-11(8-13)15-14(17)9-16(23(2,18)19)12-6-7-24(20,21)10-12/h3-5,8,12H,6-7,9-10H2,1-2H3,(H,15,17). The van der Waals surface area contributed by atoms with Crippen LogP contribution in [0.15, 0.2) is 24.3 Å². The van der Waals surface area contributed by atoms with Gasteiger partial charge in [-0.15, -0.1) is 0 Å². The second-order valence-electron chi connectivity index (χ2n) is 5.65. The lowest BCUT2D eigenvalue weighted by atomic mass is 10.2. The number of methoxy groups -OCH3 is 1. The van der Waals surface area contributed by atoms with Gasteiger partial charge < -0.3 is 10.1 Å². The Balaban J connectivity index is 2.10. The van der Waals surface area contributed by atoms with Gasteiger partial charge >= 0.3 is 0 Å². The first-order valence-corrected chi connectivity index (χ1v) is 10.9. The van der Waals surface area contributed by atoms with Crippen LogP contribution in [0.5, 0.6) is 5.75 Å². The molecule has 0 aromatic heterocycles. The Hall–Kier alpha value is -1.65. The molecule has 1 unspecified atom stereocenters. The van der Waals surface area contributed by atoms with E-state index in [1.165, 1.54) is 7.11 Å². The quantitative estimate of drug-likeness (QED) is 0.753. The predicted octanol–water partition coefficient (Wildman–Crippen LogP) is 0.0824. The van der Waals surface area contributed by atoms with Gasteiger partial charge in [0, 0.05) is 17.8 Å². The molecule has 1 aliphatic heterocycles. The van der Waals surface area contributed by atoms with Crippen molar-refractivity contribution in [1.29, 1.82) is 0 Å². The molecule has 1 aromatic rings. The van der Waals surface area contributed by atoms with Crippen molar-refractivity contribution < 1.29 is 26.4 Å². The first kappa shape index (κ1) is 18.7. The number of anilines is 1. The van der Waals surface area contributed by atoms with Gasteiger partial charge in [-0.2, -0.15) is 4.31 Å². The number of rotatable bonds is 6. The second kappa shape index (κ2) is 7.08. The van der Waals surface area contributed by atoms with E-state index in [2.05, 4.69) is 5.32 Å². The third-order valence-electron chi connectivity index (χ3n) is 3.69. The van der Waals surface area contributed by atoms with Gasteiger partial charge in [0.05, 0.1) is 31.4 Å². The Bertz CT molecular complexity index is 819. The average Bonchev–Trinajstić information content (AvgIpc) is 2.83. The number of nitrogens with zero attached hydrogens (tertiary/aromatic N) is 1. The maximum absolute atomic E-state index is 12.2. The number of ether oxygens (including phenoxy) is 1. The number of hydrogen-bond donors (Lipinski definition) is 1. The molecule has 2 rings (SSSR count). The molecule has 0 saturated carbocycles. The molecule has 0 spiro atoms. The van der Waals surface area contributed by atoms with Crippen LogP contribution in [0.1, 0.15) is 6.42 Å². The van der Waals surface area contributed by atoms with Crippen molar-refractivity contribution in [2.24, 2.45) is 0 Å². The van der Waals surface area contributed by atoms with E-state index < -0.39 is 38.4 Å². The number of carbonyl (C=O) groups excluding carboxylic acids is 1. The van der Waals surface area contributed by atoms with Crippen LogP contribution in [0.4, 0.5) is 5.69 Å². The minimum Gasteiger partial charge on any atom is -0.497 e. The van der Waals surface area contributed by atoms with E-state index >= 15 is 0 Å². The fourth-order valence-corrected chi connectivity index (χ4v) is 5.46. The predicted molar refractivity (Wildman–Crippen MR) is 90.2 cm³/mol. The number of carbonyl (C=O) groups is 1. The van der Waals surface area contributed by atoms with E-state index in [4.69, 9.17) is 4.74 Å². The summed E-state index contributed by atoms with van der Waals surface area (Å²) in [6, 6.07) is 5.93. The van der Waals surface area contributed by atoms with Crippen LogP contribution in [-0.4, -0.2) is 64.5 Å². The lowest BCUT2D eigenvalue weighted by Gasteiger charge is -2.24. The van der Waals surface area contributed by atoms with Crippen molar-refractivity contribution in [3.05, 3.63) is 24.3 Å². The number of sulfone groups is 1. The van der Waals surface area contributed by atoms with E-state index in [0.717, 1.165) is 10.6 Å². The highest BCUT2D eigenvalue weighted by molar-refractivity contribution is 7.92. The van der Waals surface area contributed by atoms with E-state index in [9.17, 15) is 21.6 Å². The topological polar surface area (TPSA) is 110 Å². The summed E-state index contributed by atoms with van der Waals surface area (Å²) in [4.78, 5) is 12.2. The Morgan fingerprint density at radius 1 is 1.42 bits per heavy atom.